The van der Waals surface area contributed by atoms with E-state index in [9.17, 15) is 5.11 Å². The van der Waals surface area contributed by atoms with Crippen LogP contribution in [-0.4, -0.2) is 31.3 Å². The number of aliphatic hydroxyl groups excluding tert-OH is 1. The summed E-state index contributed by atoms with van der Waals surface area (Å²) in [7, 11) is 0. The summed E-state index contributed by atoms with van der Waals surface area (Å²) in [6.07, 6.45) is 2.45. The lowest BCUT2D eigenvalue weighted by Crippen LogP contribution is -2.46. The first-order valence-electron chi connectivity index (χ1n) is 6.87. The maximum Gasteiger partial charge on any atom is 0.0652 e. The monoisotopic (exact) mass is 248 g/mol. The Kier molecular flexibility index (Phi) is 4.75. The Balaban J connectivity index is 1.95. The largest absolute Gasteiger partial charge is 0.394 e. The number of piperidine rings is 1. The lowest BCUT2D eigenvalue weighted by Gasteiger charge is -2.33. The van der Waals surface area contributed by atoms with Crippen LogP contribution in [0.2, 0.25) is 0 Å². The van der Waals surface area contributed by atoms with Crippen LogP contribution in [0.1, 0.15) is 25.3 Å². The van der Waals surface area contributed by atoms with E-state index in [1.54, 1.807) is 0 Å². The standard InChI is InChI=1S/C15H24N2O/c1-15(12-18,14-5-3-2-4-6-14)17-11-13-7-9-16-10-8-13/h2-6,13,16-18H,7-12H2,1H3. The van der Waals surface area contributed by atoms with Gasteiger partial charge in [0.15, 0.2) is 0 Å². The molecule has 100 valence electrons. The Morgan fingerprint density at radius 2 is 1.94 bits per heavy atom. The van der Waals surface area contributed by atoms with Crippen LogP contribution in [0.5, 0.6) is 0 Å². The molecule has 3 nitrogen and oxygen atoms in total. The molecule has 1 unspecified atom stereocenters. The third-order valence-corrected chi connectivity index (χ3v) is 3.97. The van der Waals surface area contributed by atoms with Gasteiger partial charge in [-0.05, 0) is 50.9 Å². The molecule has 0 saturated carbocycles. The highest BCUT2D eigenvalue weighted by Crippen LogP contribution is 2.21. The topological polar surface area (TPSA) is 44.3 Å². The van der Waals surface area contributed by atoms with Crippen molar-refractivity contribution in [1.29, 1.82) is 0 Å². The van der Waals surface area contributed by atoms with Gasteiger partial charge in [-0.1, -0.05) is 30.3 Å². The van der Waals surface area contributed by atoms with E-state index < -0.39 is 0 Å². The summed E-state index contributed by atoms with van der Waals surface area (Å²) in [5.74, 6) is 0.723. The van der Waals surface area contributed by atoms with Crippen molar-refractivity contribution in [1.82, 2.24) is 10.6 Å². The first-order chi connectivity index (χ1) is 8.74. The zero-order chi connectivity index (χ0) is 12.8. The van der Waals surface area contributed by atoms with E-state index in [4.69, 9.17) is 0 Å². The van der Waals surface area contributed by atoms with Gasteiger partial charge in [0, 0.05) is 0 Å². The van der Waals surface area contributed by atoms with Crippen LogP contribution < -0.4 is 10.6 Å². The molecule has 1 aliphatic rings. The first kappa shape index (κ1) is 13.5. The summed E-state index contributed by atoms with van der Waals surface area (Å²) in [5.41, 5.74) is 0.827. The zero-order valence-corrected chi connectivity index (χ0v) is 11.2. The van der Waals surface area contributed by atoms with Crippen molar-refractivity contribution in [3.8, 4) is 0 Å². The molecule has 3 heteroatoms. The van der Waals surface area contributed by atoms with Gasteiger partial charge in [0.1, 0.15) is 0 Å². The number of hydrogen-bond acceptors (Lipinski definition) is 3. The fourth-order valence-electron chi connectivity index (χ4n) is 2.51. The number of hydrogen-bond donors (Lipinski definition) is 3. The summed E-state index contributed by atoms with van der Waals surface area (Å²) in [6.45, 7) is 5.42. The molecule has 0 aromatic heterocycles. The molecule has 1 aliphatic heterocycles. The maximum atomic E-state index is 9.69. The first-order valence-corrected chi connectivity index (χ1v) is 6.87. The van der Waals surface area contributed by atoms with Crippen molar-refractivity contribution in [2.75, 3.05) is 26.2 Å². The predicted molar refractivity (Wildman–Crippen MR) is 74.5 cm³/mol. The number of aliphatic hydroxyl groups is 1. The van der Waals surface area contributed by atoms with Crippen LogP contribution in [0.15, 0.2) is 30.3 Å². The predicted octanol–water partition coefficient (Wildman–Crippen LogP) is 1.48. The quantitative estimate of drug-likeness (QED) is 0.739. The van der Waals surface area contributed by atoms with E-state index in [1.807, 2.05) is 18.2 Å². The average Bonchev–Trinajstić information content (AvgIpc) is 2.47. The summed E-state index contributed by atoms with van der Waals surface area (Å²) in [6, 6.07) is 10.2. The molecule has 18 heavy (non-hydrogen) atoms. The molecule has 1 heterocycles. The van der Waals surface area contributed by atoms with Crippen molar-refractivity contribution in [3.63, 3.8) is 0 Å². The van der Waals surface area contributed by atoms with Crippen molar-refractivity contribution < 1.29 is 5.11 Å². The van der Waals surface area contributed by atoms with Gasteiger partial charge in [0.05, 0.1) is 12.1 Å². The van der Waals surface area contributed by atoms with E-state index in [-0.39, 0.29) is 12.1 Å². The van der Waals surface area contributed by atoms with Gasteiger partial charge in [0.2, 0.25) is 0 Å². The van der Waals surface area contributed by atoms with Gasteiger partial charge in [-0.25, -0.2) is 0 Å². The lowest BCUT2D eigenvalue weighted by molar-refractivity contribution is 0.165. The van der Waals surface area contributed by atoms with Crippen LogP contribution in [0.25, 0.3) is 0 Å². The average molecular weight is 248 g/mol. The molecule has 0 spiro atoms. The van der Waals surface area contributed by atoms with Crippen LogP contribution >= 0.6 is 0 Å². The fourth-order valence-corrected chi connectivity index (χ4v) is 2.51. The van der Waals surface area contributed by atoms with Crippen molar-refractivity contribution >= 4 is 0 Å². The van der Waals surface area contributed by atoms with Crippen molar-refractivity contribution in [2.24, 2.45) is 5.92 Å². The molecular weight excluding hydrogens is 224 g/mol. The third-order valence-electron chi connectivity index (χ3n) is 3.97. The van der Waals surface area contributed by atoms with Crippen LogP contribution in [0.4, 0.5) is 0 Å². The molecule has 2 rings (SSSR count). The highest BCUT2D eigenvalue weighted by atomic mass is 16.3. The van der Waals surface area contributed by atoms with Gasteiger partial charge in [-0.2, -0.15) is 0 Å². The normalized spacial score (nSPS) is 20.6. The Hall–Kier alpha value is -0.900. The highest BCUT2D eigenvalue weighted by molar-refractivity contribution is 5.23. The zero-order valence-electron chi connectivity index (χ0n) is 11.2. The van der Waals surface area contributed by atoms with E-state index in [0.29, 0.717) is 0 Å². The van der Waals surface area contributed by atoms with Crippen LogP contribution in [-0.2, 0) is 5.54 Å². The van der Waals surface area contributed by atoms with E-state index in [2.05, 4.69) is 29.7 Å². The number of rotatable bonds is 5. The van der Waals surface area contributed by atoms with E-state index in [0.717, 1.165) is 31.1 Å². The van der Waals surface area contributed by atoms with Gasteiger partial charge < -0.3 is 15.7 Å². The fraction of sp³-hybridized carbons (Fsp3) is 0.600. The third kappa shape index (κ3) is 3.31. The van der Waals surface area contributed by atoms with Crippen LogP contribution in [0, 0.1) is 5.92 Å². The molecular formula is C15H24N2O. The summed E-state index contributed by atoms with van der Waals surface area (Å²) in [4.78, 5) is 0. The van der Waals surface area contributed by atoms with Crippen molar-refractivity contribution in [3.05, 3.63) is 35.9 Å². The minimum absolute atomic E-state index is 0.127. The molecule has 1 aromatic carbocycles. The SMILES string of the molecule is CC(CO)(NCC1CCNCC1)c1ccccc1. The minimum Gasteiger partial charge on any atom is -0.394 e. The summed E-state index contributed by atoms with van der Waals surface area (Å²) in [5, 5.41) is 16.6. The second-order valence-electron chi connectivity index (χ2n) is 5.43. The second-order valence-corrected chi connectivity index (χ2v) is 5.43. The summed E-state index contributed by atoms with van der Waals surface area (Å²) >= 11 is 0. The number of benzene rings is 1. The highest BCUT2D eigenvalue weighted by Gasteiger charge is 2.26. The van der Waals surface area contributed by atoms with E-state index in [1.165, 1.54) is 12.8 Å². The Morgan fingerprint density at radius 3 is 2.56 bits per heavy atom. The van der Waals surface area contributed by atoms with Crippen LogP contribution in [0.3, 0.4) is 0 Å². The lowest BCUT2D eigenvalue weighted by atomic mass is 9.90. The van der Waals surface area contributed by atoms with E-state index >= 15 is 0 Å². The summed E-state index contributed by atoms with van der Waals surface area (Å²) < 4.78 is 0. The number of nitrogens with one attached hydrogen (secondary N) is 2. The van der Waals surface area contributed by atoms with Gasteiger partial charge >= 0.3 is 0 Å². The Morgan fingerprint density at radius 1 is 1.28 bits per heavy atom. The molecule has 3 N–H and O–H groups in total. The van der Waals surface area contributed by atoms with Gasteiger partial charge in [0.25, 0.3) is 0 Å². The van der Waals surface area contributed by atoms with Crippen molar-refractivity contribution in [2.45, 2.75) is 25.3 Å². The molecule has 1 aromatic rings. The second kappa shape index (κ2) is 6.32. The van der Waals surface area contributed by atoms with Gasteiger partial charge in [-0.15, -0.1) is 0 Å². The minimum atomic E-state index is -0.327. The Bertz CT molecular complexity index is 349. The molecule has 1 fully saturated rings. The molecule has 1 saturated heterocycles. The molecule has 0 aliphatic carbocycles. The maximum absolute atomic E-state index is 9.69. The van der Waals surface area contributed by atoms with Gasteiger partial charge in [-0.3, -0.25) is 0 Å². The molecule has 0 bridgehead atoms. The Labute approximate surface area is 110 Å². The molecule has 0 radical (unpaired) electrons. The molecule has 0 amide bonds. The smallest absolute Gasteiger partial charge is 0.0652 e. The molecule has 1 atom stereocenters.